The molecule has 4 heteroatoms. The SMILES string of the molecule is CCOC1(c2nc(=S)c3c([nH]2)CCC3)CCC(C)CC1. The van der Waals surface area contributed by atoms with Crippen molar-refractivity contribution in [3.05, 3.63) is 21.7 Å². The zero-order chi connectivity index (χ0) is 14.2. The summed E-state index contributed by atoms with van der Waals surface area (Å²) in [5.41, 5.74) is 2.34. The summed E-state index contributed by atoms with van der Waals surface area (Å²) < 4.78 is 6.97. The van der Waals surface area contributed by atoms with Gasteiger partial charge in [-0.2, -0.15) is 0 Å². The fourth-order valence-electron chi connectivity index (χ4n) is 3.63. The van der Waals surface area contributed by atoms with Crippen molar-refractivity contribution in [3.8, 4) is 0 Å². The molecule has 2 aliphatic carbocycles. The van der Waals surface area contributed by atoms with Crippen LogP contribution in [0.15, 0.2) is 0 Å². The molecule has 1 aromatic rings. The number of rotatable bonds is 3. The Morgan fingerprint density at radius 3 is 2.80 bits per heavy atom. The van der Waals surface area contributed by atoms with Crippen molar-refractivity contribution >= 4 is 12.2 Å². The highest BCUT2D eigenvalue weighted by molar-refractivity contribution is 7.71. The van der Waals surface area contributed by atoms with E-state index in [2.05, 4.69) is 18.8 Å². The van der Waals surface area contributed by atoms with Crippen LogP contribution in [0.5, 0.6) is 0 Å². The minimum Gasteiger partial charge on any atom is -0.367 e. The molecule has 1 saturated carbocycles. The number of fused-ring (bicyclic) bond motifs is 1. The molecule has 2 aliphatic rings. The molecule has 1 N–H and O–H groups in total. The van der Waals surface area contributed by atoms with Crippen molar-refractivity contribution in [1.82, 2.24) is 9.97 Å². The van der Waals surface area contributed by atoms with Gasteiger partial charge in [-0.1, -0.05) is 19.1 Å². The topological polar surface area (TPSA) is 37.9 Å². The van der Waals surface area contributed by atoms with Gasteiger partial charge in [0.2, 0.25) is 0 Å². The summed E-state index contributed by atoms with van der Waals surface area (Å²) in [5, 5.41) is 0. The van der Waals surface area contributed by atoms with Crippen LogP contribution in [0.2, 0.25) is 0 Å². The Balaban J connectivity index is 2.00. The third kappa shape index (κ3) is 2.44. The van der Waals surface area contributed by atoms with E-state index >= 15 is 0 Å². The molecule has 0 radical (unpaired) electrons. The number of aromatic amines is 1. The molecule has 20 heavy (non-hydrogen) atoms. The highest BCUT2D eigenvalue weighted by Crippen LogP contribution is 2.41. The van der Waals surface area contributed by atoms with Gasteiger partial charge >= 0.3 is 0 Å². The standard InChI is InChI=1S/C16H24N2OS/c1-3-19-16(9-7-11(2)8-10-16)15-17-13-6-4-5-12(13)14(20)18-15/h11H,3-10H2,1-2H3,(H,17,18,20). The van der Waals surface area contributed by atoms with Gasteiger partial charge in [0.05, 0.1) is 0 Å². The third-order valence-electron chi connectivity index (χ3n) is 4.89. The lowest BCUT2D eigenvalue weighted by atomic mass is 9.78. The second-order valence-electron chi connectivity index (χ2n) is 6.31. The first-order valence-corrected chi connectivity index (χ1v) is 8.32. The second-order valence-corrected chi connectivity index (χ2v) is 6.70. The number of aromatic nitrogens is 2. The maximum Gasteiger partial charge on any atom is 0.140 e. The molecule has 1 heterocycles. The zero-order valence-electron chi connectivity index (χ0n) is 12.5. The number of ether oxygens (including phenoxy) is 1. The monoisotopic (exact) mass is 292 g/mol. The molecule has 0 bridgehead atoms. The van der Waals surface area contributed by atoms with E-state index in [1.165, 1.54) is 30.5 Å². The van der Waals surface area contributed by atoms with Crippen LogP contribution in [-0.2, 0) is 23.2 Å². The summed E-state index contributed by atoms with van der Waals surface area (Å²) in [5.74, 6) is 1.78. The van der Waals surface area contributed by atoms with E-state index in [0.717, 1.165) is 48.7 Å². The number of hydrogen-bond donors (Lipinski definition) is 1. The molecule has 0 aromatic carbocycles. The van der Waals surface area contributed by atoms with Crippen LogP contribution in [0.3, 0.4) is 0 Å². The van der Waals surface area contributed by atoms with Crippen molar-refractivity contribution in [1.29, 1.82) is 0 Å². The summed E-state index contributed by atoms with van der Waals surface area (Å²) in [6.07, 6.45) is 7.90. The Morgan fingerprint density at radius 1 is 1.35 bits per heavy atom. The van der Waals surface area contributed by atoms with E-state index in [0.29, 0.717) is 0 Å². The summed E-state index contributed by atoms with van der Waals surface area (Å²) in [6.45, 7) is 5.13. The minimum atomic E-state index is -0.230. The largest absolute Gasteiger partial charge is 0.367 e. The van der Waals surface area contributed by atoms with Crippen LogP contribution in [0, 0.1) is 10.6 Å². The van der Waals surface area contributed by atoms with Crippen LogP contribution < -0.4 is 0 Å². The van der Waals surface area contributed by atoms with E-state index < -0.39 is 0 Å². The Kier molecular flexibility index (Phi) is 3.95. The van der Waals surface area contributed by atoms with Crippen LogP contribution in [0.25, 0.3) is 0 Å². The van der Waals surface area contributed by atoms with Gasteiger partial charge in [0, 0.05) is 17.9 Å². The molecular weight excluding hydrogens is 268 g/mol. The summed E-state index contributed by atoms with van der Waals surface area (Å²) in [6, 6.07) is 0. The van der Waals surface area contributed by atoms with Gasteiger partial charge in [-0.05, 0) is 57.8 Å². The van der Waals surface area contributed by atoms with Gasteiger partial charge in [0.1, 0.15) is 16.1 Å². The van der Waals surface area contributed by atoms with Crippen LogP contribution in [0.1, 0.15) is 63.0 Å². The summed E-state index contributed by atoms with van der Waals surface area (Å²) in [4.78, 5) is 8.29. The van der Waals surface area contributed by atoms with Crippen molar-refractivity contribution in [3.63, 3.8) is 0 Å². The zero-order valence-corrected chi connectivity index (χ0v) is 13.3. The van der Waals surface area contributed by atoms with Gasteiger partial charge in [-0.3, -0.25) is 0 Å². The lowest BCUT2D eigenvalue weighted by Gasteiger charge is -2.38. The molecule has 1 aromatic heterocycles. The molecule has 3 nitrogen and oxygen atoms in total. The van der Waals surface area contributed by atoms with Crippen molar-refractivity contribution in [2.75, 3.05) is 6.61 Å². The minimum absolute atomic E-state index is 0.230. The lowest BCUT2D eigenvalue weighted by molar-refractivity contribution is -0.0839. The number of H-pyrrole nitrogens is 1. The molecule has 0 aliphatic heterocycles. The van der Waals surface area contributed by atoms with Gasteiger partial charge < -0.3 is 9.72 Å². The van der Waals surface area contributed by atoms with Crippen LogP contribution in [-0.4, -0.2) is 16.6 Å². The summed E-state index contributed by atoms with van der Waals surface area (Å²) in [7, 11) is 0. The second kappa shape index (κ2) is 5.57. The Morgan fingerprint density at radius 2 is 2.10 bits per heavy atom. The third-order valence-corrected chi connectivity index (χ3v) is 5.23. The molecule has 0 amide bonds. The number of aryl methyl sites for hydroxylation is 1. The first-order valence-electron chi connectivity index (χ1n) is 7.91. The molecule has 0 atom stereocenters. The highest BCUT2D eigenvalue weighted by atomic mass is 32.1. The van der Waals surface area contributed by atoms with E-state index in [-0.39, 0.29) is 5.60 Å². The smallest absolute Gasteiger partial charge is 0.140 e. The normalized spacial score (nSPS) is 29.4. The number of nitrogens with one attached hydrogen (secondary N) is 1. The molecule has 0 spiro atoms. The highest BCUT2D eigenvalue weighted by Gasteiger charge is 2.39. The average molecular weight is 292 g/mol. The molecule has 110 valence electrons. The maximum atomic E-state index is 6.18. The first kappa shape index (κ1) is 14.2. The van der Waals surface area contributed by atoms with Gasteiger partial charge in [0.25, 0.3) is 0 Å². The molecule has 3 rings (SSSR count). The van der Waals surface area contributed by atoms with E-state index in [4.69, 9.17) is 21.9 Å². The number of hydrogen-bond acceptors (Lipinski definition) is 3. The molecular formula is C16H24N2OS. The van der Waals surface area contributed by atoms with Crippen molar-refractivity contribution < 1.29 is 4.74 Å². The number of nitrogens with zero attached hydrogens (tertiary/aromatic N) is 1. The maximum absolute atomic E-state index is 6.18. The van der Waals surface area contributed by atoms with Gasteiger partial charge in [-0.25, -0.2) is 4.98 Å². The van der Waals surface area contributed by atoms with Crippen molar-refractivity contribution in [2.24, 2.45) is 5.92 Å². The van der Waals surface area contributed by atoms with E-state index in [9.17, 15) is 0 Å². The quantitative estimate of drug-likeness (QED) is 0.853. The van der Waals surface area contributed by atoms with Crippen molar-refractivity contribution in [2.45, 2.75) is 64.4 Å². The van der Waals surface area contributed by atoms with Gasteiger partial charge in [0.15, 0.2) is 0 Å². The average Bonchev–Trinajstić information content (AvgIpc) is 2.91. The molecule has 0 unspecified atom stereocenters. The Hall–Kier alpha value is -0.740. The first-order chi connectivity index (χ1) is 9.64. The lowest BCUT2D eigenvalue weighted by Crippen LogP contribution is -2.36. The molecule has 0 saturated heterocycles. The summed E-state index contributed by atoms with van der Waals surface area (Å²) >= 11 is 5.51. The Labute approximate surface area is 126 Å². The predicted octanol–water partition coefficient (Wildman–Crippen LogP) is 4.07. The van der Waals surface area contributed by atoms with Gasteiger partial charge in [-0.15, -0.1) is 0 Å². The van der Waals surface area contributed by atoms with Crippen LogP contribution in [0.4, 0.5) is 0 Å². The van der Waals surface area contributed by atoms with Crippen LogP contribution >= 0.6 is 12.2 Å². The Bertz CT molecular complexity index is 544. The van der Waals surface area contributed by atoms with E-state index in [1.807, 2.05) is 0 Å². The molecule has 1 fully saturated rings. The fourth-order valence-corrected chi connectivity index (χ4v) is 3.94. The fraction of sp³-hybridized carbons (Fsp3) is 0.750. The predicted molar refractivity (Wildman–Crippen MR) is 82.4 cm³/mol. The van der Waals surface area contributed by atoms with E-state index in [1.54, 1.807) is 0 Å².